The van der Waals surface area contributed by atoms with Crippen molar-refractivity contribution < 1.29 is 14.3 Å². The number of hydrogen-bond acceptors (Lipinski definition) is 3. The van der Waals surface area contributed by atoms with Crippen molar-refractivity contribution in [2.75, 3.05) is 13.2 Å². The zero-order valence-corrected chi connectivity index (χ0v) is 12.0. The summed E-state index contributed by atoms with van der Waals surface area (Å²) < 4.78 is 10.9. The first-order chi connectivity index (χ1) is 10.2. The van der Waals surface area contributed by atoms with E-state index in [0.717, 1.165) is 5.56 Å². The van der Waals surface area contributed by atoms with Gasteiger partial charge in [-0.3, -0.25) is 4.79 Å². The molecule has 0 spiro atoms. The van der Waals surface area contributed by atoms with E-state index in [2.05, 4.69) is 0 Å². The van der Waals surface area contributed by atoms with Crippen LogP contribution in [0, 0.1) is 0 Å². The maximum absolute atomic E-state index is 12.2. The van der Waals surface area contributed by atoms with Crippen LogP contribution in [0.5, 0.6) is 11.5 Å². The highest BCUT2D eigenvalue weighted by molar-refractivity contribution is 6.30. The SMILES string of the molecule is O=C(/C=C/c1ccc(Cl)cc1)c1ccc2c(c1)OCCO2. The number of fused-ring (bicyclic) bond motifs is 1. The molecule has 0 unspecified atom stereocenters. The molecule has 0 saturated heterocycles. The van der Waals surface area contributed by atoms with E-state index in [1.54, 1.807) is 36.4 Å². The molecule has 0 atom stereocenters. The molecule has 0 fully saturated rings. The van der Waals surface area contributed by atoms with Gasteiger partial charge in [0.1, 0.15) is 13.2 Å². The lowest BCUT2D eigenvalue weighted by atomic mass is 10.1. The van der Waals surface area contributed by atoms with Crippen molar-refractivity contribution in [3.8, 4) is 11.5 Å². The van der Waals surface area contributed by atoms with E-state index in [4.69, 9.17) is 21.1 Å². The summed E-state index contributed by atoms with van der Waals surface area (Å²) >= 11 is 5.82. The number of halogens is 1. The van der Waals surface area contributed by atoms with E-state index in [-0.39, 0.29) is 5.78 Å². The molecular formula is C17H13ClO3. The smallest absolute Gasteiger partial charge is 0.185 e. The van der Waals surface area contributed by atoms with Crippen LogP contribution >= 0.6 is 11.6 Å². The lowest BCUT2D eigenvalue weighted by Crippen LogP contribution is -2.15. The van der Waals surface area contributed by atoms with Gasteiger partial charge >= 0.3 is 0 Å². The maximum atomic E-state index is 12.2. The quantitative estimate of drug-likeness (QED) is 0.635. The van der Waals surface area contributed by atoms with Gasteiger partial charge in [-0.15, -0.1) is 0 Å². The zero-order valence-electron chi connectivity index (χ0n) is 11.2. The highest BCUT2D eigenvalue weighted by Gasteiger charge is 2.13. The molecule has 0 N–H and O–H groups in total. The highest BCUT2D eigenvalue weighted by Crippen LogP contribution is 2.30. The van der Waals surface area contributed by atoms with Crippen molar-refractivity contribution in [3.63, 3.8) is 0 Å². The van der Waals surface area contributed by atoms with Crippen LogP contribution in [0.15, 0.2) is 48.5 Å². The monoisotopic (exact) mass is 300 g/mol. The number of hydrogen-bond donors (Lipinski definition) is 0. The minimum atomic E-state index is -0.0816. The van der Waals surface area contributed by atoms with Crippen LogP contribution in [0.4, 0.5) is 0 Å². The Morgan fingerprint density at radius 2 is 1.71 bits per heavy atom. The van der Waals surface area contributed by atoms with Crippen LogP contribution < -0.4 is 9.47 Å². The number of rotatable bonds is 3. The van der Waals surface area contributed by atoms with Crippen molar-refractivity contribution in [3.05, 3.63) is 64.7 Å². The summed E-state index contributed by atoms with van der Waals surface area (Å²) in [6.07, 6.45) is 3.30. The van der Waals surface area contributed by atoms with Crippen LogP contribution in [0.2, 0.25) is 5.02 Å². The van der Waals surface area contributed by atoms with Gasteiger partial charge in [-0.25, -0.2) is 0 Å². The standard InChI is InChI=1S/C17H13ClO3/c18-14-5-1-12(2-6-14)3-7-15(19)13-4-8-16-17(11-13)21-10-9-20-16/h1-8,11H,9-10H2/b7-3+. The Bertz CT molecular complexity index is 690. The molecule has 0 radical (unpaired) electrons. The van der Waals surface area contributed by atoms with Crippen LogP contribution in [-0.4, -0.2) is 19.0 Å². The molecule has 0 aliphatic carbocycles. The molecule has 0 aromatic heterocycles. The third kappa shape index (κ3) is 3.26. The molecule has 1 aliphatic rings. The van der Waals surface area contributed by atoms with E-state index in [1.807, 2.05) is 12.1 Å². The molecule has 1 heterocycles. The molecule has 0 bridgehead atoms. The molecule has 0 saturated carbocycles. The van der Waals surface area contributed by atoms with Crippen LogP contribution in [0.25, 0.3) is 6.08 Å². The van der Waals surface area contributed by atoms with Crippen molar-refractivity contribution in [2.45, 2.75) is 0 Å². The van der Waals surface area contributed by atoms with Crippen molar-refractivity contribution in [2.24, 2.45) is 0 Å². The molecule has 106 valence electrons. The summed E-state index contributed by atoms with van der Waals surface area (Å²) in [6, 6.07) is 12.5. The fraction of sp³-hybridized carbons (Fsp3) is 0.118. The lowest BCUT2D eigenvalue weighted by molar-refractivity contribution is 0.104. The molecular weight excluding hydrogens is 288 g/mol. The summed E-state index contributed by atoms with van der Waals surface area (Å²) in [6.45, 7) is 1.04. The Balaban J connectivity index is 1.77. The molecule has 4 heteroatoms. The summed E-state index contributed by atoms with van der Waals surface area (Å²) in [5.74, 6) is 1.22. The van der Waals surface area contributed by atoms with Crippen LogP contribution in [0.1, 0.15) is 15.9 Å². The van der Waals surface area contributed by atoms with Gasteiger partial charge in [0.2, 0.25) is 0 Å². The van der Waals surface area contributed by atoms with E-state index < -0.39 is 0 Å². The van der Waals surface area contributed by atoms with Gasteiger partial charge in [-0.05, 0) is 42.0 Å². The zero-order chi connectivity index (χ0) is 14.7. The van der Waals surface area contributed by atoms with E-state index in [1.165, 1.54) is 6.08 Å². The van der Waals surface area contributed by atoms with Gasteiger partial charge in [-0.1, -0.05) is 29.8 Å². The fourth-order valence-electron chi connectivity index (χ4n) is 2.04. The molecule has 0 amide bonds. The van der Waals surface area contributed by atoms with Gasteiger partial charge in [0.05, 0.1) is 0 Å². The second-order valence-corrected chi connectivity index (χ2v) is 5.04. The Kier molecular flexibility index (Phi) is 3.93. The van der Waals surface area contributed by atoms with Crippen LogP contribution in [-0.2, 0) is 0 Å². The van der Waals surface area contributed by atoms with E-state index in [0.29, 0.717) is 35.3 Å². The van der Waals surface area contributed by atoms with Gasteiger partial charge in [0.15, 0.2) is 17.3 Å². The summed E-state index contributed by atoms with van der Waals surface area (Å²) in [5.41, 5.74) is 1.50. The molecule has 1 aliphatic heterocycles. The van der Waals surface area contributed by atoms with Gasteiger partial charge in [0.25, 0.3) is 0 Å². The Morgan fingerprint density at radius 3 is 2.48 bits per heavy atom. The predicted octanol–water partition coefficient (Wildman–Crippen LogP) is 4.01. The first-order valence-electron chi connectivity index (χ1n) is 6.60. The van der Waals surface area contributed by atoms with Crippen molar-refractivity contribution in [1.82, 2.24) is 0 Å². The Hall–Kier alpha value is -2.26. The second-order valence-electron chi connectivity index (χ2n) is 4.61. The highest BCUT2D eigenvalue weighted by atomic mass is 35.5. The first-order valence-corrected chi connectivity index (χ1v) is 6.98. The molecule has 21 heavy (non-hydrogen) atoms. The van der Waals surface area contributed by atoms with Gasteiger partial charge in [0, 0.05) is 10.6 Å². The largest absolute Gasteiger partial charge is 0.486 e. The van der Waals surface area contributed by atoms with E-state index >= 15 is 0 Å². The third-order valence-corrected chi connectivity index (χ3v) is 3.38. The molecule has 2 aromatic carbocycles. The third-order valence-electron chi connectivity index (χ3n) is 3.12. The molecule has 3 nitrogen and oxygen atoms in total. The molecule has 2 aromatic rings. The summed E-state index contributed by atoms with van der Waals surface area (Å²) in [7, 11) is 0. The fourth-order valence-corrected chi connectivity index (χ4v) is 2.16. The van der Waals surface area contributed by atoms with Crippen molar-refractivity contribution in [1.29, 1.82) is 0 Å². The first kappa shape index (κ1) is 13.7. The van der Waals surface area contributed by atoms with Crippen LogP contribution in [0.3, 0.4) is 0 Å². The number of ether oxygens (including phenoxy) is 2. The maximum Gasteiger partial charge on any atom is 0.185 e. The average Bonchev–Trinajstić information content (AvgIpc) is 2.53. The molecule has 3 rings (SSSR count). The van der Waals surface area contributed by atoms with Crippen molar-refractivity contribution >= 4 is 23.5 Å². The van der Waals surface area contributed by atoms with Gasteiger partial charge in [-0.2, -0.15) is 0 Å². The topological polar surface area (TPSA) is 35.5 Å². The Morgan fingerprint density at radius 1 is 1.00 bits per heavy atom. The predicted molar refractivity (Wildman–Crippen MR) is 82.2 cm³/mol. The normalized spacial score (nSPS) is 13.4. The second kappa shape index (κ2) is 6.02. The average molecular weight is 301 g/mol. The summed E-state index contributed by atoms with van der Waals surface area (Å²) in [4.78, 5) is 12.2. The van der Waals surface area contributed by atoms with Gasteiger partial charge < -0.3 is 9.47 Å². The minimum absolute atomic E-state index is 0.0816. The number of carbonyl (C=O) groups excluding carboxylic acids is 1. The Labute approximate surface area is 127 Å². The number of ketones is 1. The minimum Gasteiger partial charge on any atom is -0.486 e. The summed E-state index contributed by atoms with van der Waals surface area (Å²) in [5, 5.41) is 0.672. The number of carbonyl (C=O) groups is 1. The number of benzene rings is 2. The lowest BCUT2D eigenvalue weighted by Gasteiger charge is -2.18. The van der Waals surface area contributed by atoms with E-state index in [9.17, 15) is 4.79 Å². The number of allylic oxidation sites excluding steroid dienone is 1.